The zero-order valence-corrected chi connectivity index (χ0v) is 19.7. The summed E-state index contributed by atoms with van der Waals surface area (Å²) in [6.07, 6.45) is 0.278. The Kier molecular flexibility index (Phi) is 6.04. The summed E-state index contributed by atoms with van der Waals surface area (Å²) in [5.41, 5.74) is 2.65. The van der Waals surface area contributed by atoms with Crippen molar-refractivity contribution in [2.24, 2.45) is 7.05 Å². The van der Waals surface area contributed by atoms with Gasteiger partial charge in [0, 0.05) is 41.1 Å². The van der Waals surface area contributed by atoms with Crippen LogP contribution in [0.25, 0.3) is 21.5 Å². The Hall–Kier alpha value is -3.33. The van der Waals surface area contributed by atoms with Gasteiger partial charge < -0.3 is 14.4 Å². The van der Waals surface area contributed by atoms with Crippen molar-refractivity contribution >= 4 is 28.2 Å². The molecule has 0 bridgehead atoms. The number of aliphatic carboxylic acids is 1. The molecule has 1 N–H and O–H groups in total. The highest BCUT2D eigenvalue weighted by molar-refractivity contribution is 7.15. The van der Waals surface area contributed by atoms with Gasteiger partial charge in [-0.1, -0.05) is 12.1 Å². The lowest BCUT2D eigenvalue weighted by Gasteiger charge is -2.21. The molecule has 0 unspecified atom stereocenters. The summed E-state index contributed by atoms with van der Waals surface area (Å²) >= 11 is 1.54. The molecule has 1 aliphatic rings. The van der Waals surface area contributed by atoms with Gasteiger partial charge in [0.15, 0.2) is 0 Å². The van der Waals surface area contributed by atoms with E-state index in [2.05, 4.69) is 0 Å². The predicted molar refractivity (Wildman–Crippen MR) is 128 cm³/mol. The number of thiazole rings is 1. The minimum absolute atomic E-state index is 0.0342. The summed E-state index contributed by atoms with van der Waals surface area (Å²) < 4.78 is 46.7. The summed E-state index contributed by atoms with van der Waals surface area (Å²) in [6.45, 7) is 0.446. The molecule has 9 heteroatoms. The standard InChI is InChI=1S/C26H23F3N2O3S/c1-31-13-17(11-23(32)33)20-10-9-19(12-21(20)31)34-14-16-3-2-4-22-24(16)30-25(35-22)15-5-7-18(8-6-15)26(27,28)29/h5-10,12-13,16H,2-4,11,14H2,1H3,(H,32,33)/t16-/m1/s1. The number of nitrogens with zero attached hydrogens (tertiary/aromatic N) is 2. The first kappa shape index (κ1) is 23.4. The number of aryl methyl sites for hydroxylation is 2. The average Bonchev–Trinajstić information content (AvgIpc) is 3.38. The second-order valence-electron chi connectivity index (χ2n) is 8.82. The largest absolute Gasteiger partial charge is 0.493 e. The number of rotatable bonds is 6. The molecular formula is C26H23F3N2O3S. The molecular weight excluding hydrogens is 477 g/mol. The lowest BCUT2D eigenvalue weighted by Crippen LogP contribution is -2.16. The van der Waals surface area contributed by atoms with Gasteiger partial charge in [-0.2, -0.15) is 13.2 Å². The fraction of sp³-hybridized carbons (Fsp3) is 0.308. The van der Waals surface area contributed by atoms with E-state index in [0.717, 1.165) is 63.4 Å². The van der Waals surface area contributed by atoms with Crippen molar-refractivity contribution in [3.8, 4) is 16.3 Å². The van der Waals surface area contributed by atoms with E-state index in [1.165, 1.54) is 23.5 Å². The lowest BCUT2D eigenvalue weighted by molar-refractivity contribution is -0.138. The van der Waals surface area contributed by atoms with Gasteiger partial charge in [-0.05, 0) is 49.1 Å². The van der Waals surface area contributed by atoms with E-state index in [9.17, 15) is 18.0 Å². The average molecular weight is 501 g/mol. The highest BCUT2D eigenvalue weighted by atomic mass is 32.1. The Morgan fingerprint density at radius 1 is 1.23 bits per heavy atom. The molecule has 0 fully saturated rings. The van der Waals surface area contributed by atoms with E-state index < -0.39 is 17.7 Å². The molecule has 2 heterocycles. The third kappa shape index (κ3) is 4.77. The Morgan fingerprint density at radius 3 is 2.71 bits per heavy atom. The summed E-state index contributed by atoms with van der Waals surface area (Å²) in [7, 11) is 1.88. The lowest BCUT2D eigenvalue weighted by atomic mass is 9.92. The fourth-order valence-corrected chi connectivity index (χ4v) is 5.83. The molecule has 5 rings (SSSR count). The van der Waals surface area contributed by atoms with Crippen LogP contribution in [0.5, 0.6) is 5.75 Å². The third-order valence-electron chi connectivity index (χ3n) is 6.37. The number of ether oxygens (including phenoxy) is 1. The van der Waals surface area contributed by atoms with Gasteiger partial charge in [-0.15, -0.1) is 11.3 Å². The van der Waals surface area contributed by atoms with Crippen LogP contribution >= 0.6 is 11.3 Å². The van der Waals surface area contributed by atoms with Gasteiger partial charge in [-0.25, -0.2) is 4.98 Å². The number of carboxylic acid groups (broad SMARTS) is 1. The Morgan fingerprint density at radius 2 is 2.00 bits per heavy atom. The molecule has 0 amide bonds. The van der Waals surface area contributed by atoms with E-state index >= 15 is 0 Å². The Labute approximate surface area is 203 Å². The number of carboxylic acids is 1. The van der Waals surface area contributed by atoms with Crippen LogP contribution in [0.4, 0.5) is 13.2 Å². The molecule has 2 aromatic carbocycles. The number of aromatic nitrogens is 2. The monoisotopic (exact) mass is 500 g/mol. The van der Waals surface area contributed by atoms with E-state index in [1.54, 1.807) is 0 Å². The number of hydrogen-bond donors (Lipinski definition) is 1. The summed E-state index contributed by atoms with van der Waals surface area (Å²) in [5.74, 6) is -0.0689. The molecule has 0 radical (unpaired) electrons. The number of benzene rings is 2. The minimum atomic E-state index is -4.36. The molecule has 2 aromatic heterocycles. The molecule has 4 aromatic rings. The smallest absolute Gasteiger partial charge is 0.416 e. The van der Waals surface area contributed by atoms with E-state index in [1.807, 2.05) is 36.0 Å². The summed E-state index contributed by atoms with van der Waals surface area (Å²) in [6, 6.07) is 10.8. The summed E-state index contributed by atoms with van der Waals surface area (Å²) in [5, 5.41) is 10.8. The van der Waals surface area contributed by atoms with Gasteiger partial charge in [0.05, 0.1) is 29.8 Å². The quantitative estimate of drug-likeness (QED) is 0.331. The molecule has 182 valence electrons. The molecule has 0 saturated carbocycles. The highest BCUT2D eigenvalue weighted by Gasteiger charge is 2.30. The highest BCUT2D eigenvalue weighted by Crippen LogP contribution is 2.39. The maximum Gasteiger partial charge on any atom is 0.416 e. The van der Waals surface area contributed by atoms with Crippen LogP contribution in [0.3, 0.4) is 0 Å². The number of carbonyl (C=O) groups is 1. The zero-order valence-electron chi connectivity index (χ0n) is 18.9. The van der Waals surface area contributed by atoms with E-state index in [4.69, 9.17) is 14.8 Å². The first-order valence-electron chi connectivity index (χ1n) is 11.3. The Bertz CT molecular complexity index is 1390. The van der Waals surface area contributed by atoms with Gasteiger partial charge in [-0.3, -0.25) is 4.79 Å². The van der Waals surface area contributed by atoms with Crippen molar-refractivity contribution in [3.05, 3.63) is 70.4 Å². The Balaban J connectivity index is 1.33. The van der Waals surface area contributed by atoms with E-state index in [0.29, 0.717) is 17.9 Å². The predicted octanol–water partition coefficient (Wildman–Crippen LogP) is 6.45. The second-order valence-corrected chi connectivity index (χ2v) is 9.90. The van der Waals surface area contributed by atoms with Crippen LogP contribution in [-0.4, -0.2) is 27.2 Å². The number of hydrogen-bond acceptors (Lipinski definition) is 4. The van der Waals surface area contributed by atoms with Crippen LogP contribution < -0.4 is 4.74 Å². The van der Waals surface area contributed by atoms with Crippen LogP contribution in [0.2, 0.25) is 0 Å². The van der Waals surface area contributed by atoms with Crippen LogP contribution in [-0.2, 0) is 30.9 Å². The molecule has 0 saturated heterocycles. The zero-order chi connectivity index (χ0) is 24.7. The van der Waals surface area contributed by atoms with Crippen molar-refractivity contribution in [2.75, 3.05) is 6.61 Å². The third-order valence-corrected chi connectivity index (χ3v) is 7.55. The molecule has 35 heavy (non-hydrogen) atoms. The van der Waals surface area contributed by atoms with Gasteiger partial charge in [0.25, 0.3) is 0 Å². The maximum absolute atomic E-state index is 12.9. The fourth-order valence-electron chi connectivity index (χ4n) is 4.63. The molecule has 5 nitrogen and oxygen atoms in total. The van der Waals surface area contributed by atoms with Crippen molar-refractivity contribution < 1.29 is 27.8 Å². The number of alkyl halides is 3. The summed E-state index contributed by atoms with van der Waals surface area (Å²) in [4.78, 5) is 17.1. The van der Waals surface area contributed by atoms with Crippen molar-refractivity contribution in [3.63, 3.8) is 0 Å². The van der Waals surface area contributed by atoms with Gasteiger partial charge in [0.2, 0.25) is 0 Å². The van der Waals surface area contributed by atoms with Crippen LogP contribution in [0, 0.1) is 0 Å². The van der Waals surface area contributed by atoms with E-state index in [-0.39, 0.29) is 12.3 Å². The molecule has 1 atom stereocenters. The van der Waals surface area contributed by atoms with Gasteiger partial charge >= 0.3 is 12.1 Å². The first-order valence-corrected chi connectivity index (χ1v) is 12.1. The topological polar surface area (TPSA) is 64.4 Å². The second kappa shape index (κ2) is 9.03. The number of fused-ring (bicyclic) bond motifs is 2. The van der Waals surface area contributed by atoms with Crippen molar-refractivity contribution in [1.82, 2.24) is 9.55 Å². The maximum atomic E-state index is 12.9. The van der Waals surface area contributed by atoms with Crippen LogP contribution in [0.1, 0.15) is 40.5 Å². The number of halogens is 3. The van der Waals surface area contributed by atoms with Gasteiger partial charge in [0.1, 0.15) is 10.8 Å². The van der Waals surface area contributed by atoms with Crippen molar-refractivity contribution in [2.45, 2.75) is 37.8 Å². The first-order chi connectivity index (χ1) is 16.7. The minimum Gasteiger partial charge on any atom is -0.493 e. The SMILES string of the molecule is Cn1cc(CC(=O)O)c2ccc(OC[C@H]3CCCc4sc(-c5ccc(C(F)(F)F)cc5)nc43)cc21. The molecule has 1 aliphatic carbocycles. The van der Waals surface area contributed by atoms with Crippen molar-refractivity contribution in [1.29, 1.82) is 0 Å². The molecule has 0 aliphatic heterocycles. The normalized spacial score (nSPS) is 15.8. The van der Waals surface area contributed by atoms with Crippen LogP contribution in [0.15, 0.2) is 48.7 Å². The molecule has 0 spiro atoms.